The van der Waals surface area contributed by atoms with Gasteiger partial charge in [0.05, 0.1) is 6.54 Å². The fourth-order valence-corrected chi connectivity index (χ4v) is 2.63. The van der Waals surface area contributed by atoms with Crippen molar-refractivity contribution in [3.63, 3.8) is 0 Å². The number of furan rings is 1. The van der Waals surface area contributed by atoms with Gasteiger partial charge in [0.25, 0.3) is 0 Å². The summed E-state index contributed by atoms with van der Waals surface area (Å²) in [6.07, 6.45) is 4.03. The number of nitrogens with zero attached hydrogens (tertiary/aromatic N) is 4. The highest BCUT2D eigenvalue weighted by Gasteiger charge is 2.21. The minimum absolute atomic E-state index is 0.0107. The van der Waals surface area contributed by atoms with E-state index < -0.39 is 0 Å². The van der Waals surface area contributed by atoms with Gasteiger partial charge in [0.1, 0.15) is 11.5 Å². The molecular weight excluding hydrogens is 308 g/mol. The SMILES string of the molecule is CCc1nc(CN2CCN(C(=O)/C=C\c3ccc(C)o3)CC2)no1. The topological polar surface area (TPSA) is 75.6 Å². The van der Waals surface area contributed by atoms with Crippen LogP contribution in [0.2, 0.25) is 0 Å². The van der Waals surface area contributed by atoms with Gasteiger partial charge in [-0.2, -0.15) is 4.98 Å². The molecule has 1 fully saturated rings. The molecular formula is C17H22N4O3. The Labute approximate surface area is 140 Å². The third-order valence-electron chi connectivity index (χ3n) is 4.01. The molecule has 2 aromatic rings. The highest BCUT2D eigenvalue weighted by molar-refractivity contribution is 5.91. The molecule has 1 saturated heterocycles. The summed E-state index contributed by atoms with van der Waals surface area (Å²) >= 11 is 0. The Balaban J connectivity index is 1.47. The second kappa shape index (κ2) is 7.44. The molecule has 0 bridgehead atoms. The molecule has 0 saturated carbocycles. The quantitative estimate of drug-likeness (QED) is 0.779. The minimum atomic E-state index is 0.0107. The molecule has 0 aliphatic carbocycles. The molecule has 2 aromatic heterocycles. The summed E-state index contributed by atoms with van der Waals surface area (Å²) in [6.45, 7) is 7.51. The molecule has 1 amide bonds. The Hall–Kier alpha value is -2.41. The number of piperazine rings is 1. The van der Waals surface area contributed by atoms with Gasteiger partial charge < -0.3 is 13.8 Å². The maximum atomic E-state index is 12.2. The molecule has 0 N–H and O–H groups in total. The number of carbonyl (C=O) groups is 1. The Morgan fingerprint density at radius 2 is 2.08 bits per heavy atom. The van der Waals surface area contributed by atoms with Crippen LogP contribution in [-0.4, -0.2) is 52.0 Å². The third kappa shape index (κ3) is 4.11. The molecule has 7 heteroatoms. The lowest BCUT2D eigenvalue weighted by molar-refractivity contribution is -0.127. The molecule has 24 heavy (non-hydrogen) atoms. The Morgan fingerprint density at radius 1 is 1.29 bits per heavy atom. The van der Waals surface area contributed by atoms with Crippen molar-refractivity contribution < 1.29 is 13.7 Å². The van der Waals surface area contributed by atoms with Gasteiger partial charge in [-0.05, 0) is 25.1 Å². The molecule has 128 valence electrons. The standard InChI is InChI=1S/C17H22N4O3/c1-3-16-18-15(19-24-16)12-20-8-10-21(11-9-20)17(22)7-6-14-5-4-13(2)23-14/h4-7H,3,8-12H2,1-2H3/b7-6-. The summed E-state index contributed by atoms with van der Waals surface area (Å²) in [5.41, 5.74) is 0. The number of rotatable bonds is 5. The van der Waals surface area contributed by atoms with Crippen molar-refractivity contribution in [2.45, 2.75) is 26.8 Å². The normalized spacial score (nSPS) is 16.2. The zero-order valence-corrected chi connectivity index (χ0v) is 14.1. The molecule has 0 radical (unpaired) electrons. The largest absolute Gasteiger partial charge is 0.462 e. The van der Waals surface area contributed by atoms with Crippen LogP contribution in [0.5, 0.6) is 0 Å². The summed E-state index contributed by atoms with van der Waals surface area (Å²) in [7, 11) is 0. The van der Waals surface area contributed by atoms with Gasteiger partial charge in [0.2, 0.25) is 11.8 Å². The van der Waals surface area contributed by atoms with E-state index in [1.165, 1.54) is 0 Å². The van der Waals surface area contributed by atoms with E-state index >= 15 is 0 Å². The summed E-state index contributed by atoms with van der Waals surface area (Å²) in [5, 5.41) is 3.97. The van der Waals surface area contributed by atoms with Crippen LogP contribution in [0.25, 0.3) is 6.08 Å². The van der Waals surface area contributed by atoms with Crippen molar-refractivity contribution in [3.05, 3.63) is 41.4 Å². The van der Waals surface area contributed by atoms with E-state index in [1.807, 2.05) is 30.9 Å². The van der Waals surface area contributed by atoms with Gasteiger partial charge >= 0.3 is 0 Å². The van der Waals surface area contributed by atoms with Gasteiger partial charge in [-0.15, -0.1) is 0 Å². The van der Waals surface area contributed by atoms with Crippen molar-refractivity contribution in [1.29, 1.82) is 0 Å². The molecule has 0 aromatic carbocycles. The number of amides is 1. The molecule has 1 aliphatic heterocycles. The van der Waals surface area contributed by atoms with Crippen molar-refractivity contribution in [1.82, 2.24) is 19.9 Å². The van der Waals surface area contributed by atoms with Crippen LogP contribution in [0.15, 0.2) is 27.1 Å². The maximum Gasteiger partial charge on any atom is 0.246 e. The predicted molar refractivity (Wildman–Crippen MR) is 88.0 cm³/mol. The van der Waals surface area contributed by atoms with Crippen LogP contribution in [0.1, 0.15) is 30.2 Å². The van der Waals surface area contributed by atoms with Crippen LogP contribution < -0.4 is 0 Å². The van der Waals surface area contributed by atoms with E-state index in [0.717, 1.165) is 25.3 Å². The molecule has 0 spiro atoms. The summed E-state index contributed by atoms with van der Waals surface area (Å²) < 4.78 is 10.5. The molecule has 7 nitrogen and oxygen atoms in total. The predicted octanol–water partition coefficient (Wildman–Crippen LogP) is 1.89. The smallest absolute Gasteiger partial charge is 0.246 e. The zero-order valence-electron chi connectivity index (χ0n) is 14.1. The Morgan fingerprint density at radius 3 is 2.71 bits per heavy atom. The number of hydrogen-bond donors (Lipinski definition) is 0. The van der Waals surface area contributed by atoms with Crippen LogP contribution in [-0.2, 0) is 17.8 Å². The molecule has 3 heterocycles. The van der Waals surface area contributed by atoms with Crippen molar-refractivity contribution in [2.24, 2.45) is 0 Å². The van der Waals surface area contributed by atoms with E-state index in [4.69, 9.17) is 8.94 Å². The first kappa shape index (κ1) is 16.4. The summed E-state index contributed by atoms with van der Waals surface area (Å²) in [4.78, 5) is 20.6. The van der Waals surface area contributed by atoms with E-state index in [1.54, 1.807) is 12.2 Å². The molecule has 3 rings (SSSR count). The monoisotopic (exact) mass is 330 g/mol. The van der Waals surface area contributed by atoms with E-state index in [0.29, 0.717) is 37.1 Å². The lowest BCUT2D eigenvalue weighted by atomic mass is 10.3. The molecule has 0 unspecified atom stereocenters. The van der Waals surface area contributed by atoms with Crippen molar-refractivity contribution in [3.8, 4) is 0 Å². The molecule has 1 aliphatic rings. The summed E-state index contributed by atoms with van der Waals surface area (Å²) in [5.74, 6) is 2.92. The van der Waals surface area contributed by atoms with Crippen LogP contribution in [0, 0.1) is 6.92 Å². The maximum absolute atomic E-state index is 12.2. The average molecular weight is 330 g/mol. The van der Waals surface area contributed by atoms with Crippen LogP contribution in [0.3, 0.4) is 0 Å². The lowest BCUT2D eigenvalue weighted by Crippen LogP contribution is -2.47. The highest BCUT2D eigenvalue weighted by Crippen LogP contribution is 2.10. The number of carbonyl (C=O) groups excluding carboxylic acids is 1. The number of aromatic nitrogens is 2. The molecule has 0 atom stereocenters. The first-order valence-electron chi connectivity index (χ1n) is 8.21. The fourth-order valence-electron chi connectivity index (χ4n) is 2.63. The van der Waals surface area contributed by atoms with Gasteiger partial charge in [-0.1, -0.05) is 12.1 Å². The lowest BCUT2D eigenvalue weighted by Gasteiger charge is -2.33. The van der Waals surface area contributed by atoms with E-state index in [2.05, 4.69) is 15.0 Å². The van der Waals surface area contributed by atoms with Crippen LogP contribution >= 0.6 is 0 Å². The first-order chi connectivity index (χ1) is 11.6. The van der Waals surface area contributed by atoms with Crippen molar-refractivity contribution in [2.75, 3.05) is 26.2 Å². The highest BCUT2D eigenvalue weighted by atomic mass is 16.5. The zero-order chi connectivity index (χ0) is 16.9. The summed E-state index contributed by atoms with van der Waals surface area (Å²) in [6, 6.07) is 3.73. The number of hydrogen-bond acceptors (Lipinski definition) is 6. The second-order valence-electron chi connectivity index (χ2n) is 5.84. The Kier molecular flexibility index (Phi) is 5.10. The van der Waals surface area contributed by atoms with Crippen molar-refractivity contribution >= 4 is 12.0 Å². The fraction of sp³-hybridized carbons (Fsp3) is 0.471. The van der Waals surface area contributed by atoms with Gasteiger partial charge in [0.15, 0.2) is 5.82 Å². The van der Waals surface area contributed by atoms with Gasteiger partial charge in [-0.3, -0.25) is 9.69 Å². The van der Waals surface area contributed by atoms with Gasteiger partial charge in [0, 0.05) is 38.7 Å². The first-order valence-corrected chi connectivity index (χ1v) is 8.21. The number of aryl methyl sites for hydroxylation is 2. The average Bonchev–Trinajstić information content (AvgIpc) is 3.22. The Bertz CT molecular complexity index is 711. The van der Waals surface area contributed by atoms with Crippen LogP contribution in [0.4, 0.5) is 0 Å². The second-order valence-corrected chi connectivity index (χ2v) is 5.84. The van der Waals surface area contributed by atoms with E-state index in [9.17, 15) is 4.79 Å². The van der Waals surface area contributed by atoms with E-state index in [-0.39, 0.29) is 5.91 Å². The minimum Gasteiger partial charge on any atom is -0.462 e. The van der Waals surface area contributed by atoms with Gasteiger partial charge in [-0.25, -0.2) is 0 Å². The third-order valence-corrected chi connectivity index (χ3v) is 4.01.